The van der Waals surface area contributed by atoms with Gasteiger partial charge in [0.05, 0.1) is 25.6 Å². The second-order valence-electron chi connectivity index (χ2n) is 5.17. The number of anilines is 1. The van der Waals surface area contributed by atoms with Crippen molar-refractivity contribution in [2.45, 2.75) is 24.9 Å². The molecule has 10 nitrogen and oxygen atoms in total. The minimum atomic E-state index is -0.755. The van der Waals surface area contributed by atoms with Crippen molar-refractivity contribution < 1.29 is 24.4 Å². The summed E-state index contributed by atoms with van der Waals surface area (Å²) in [5, 5.41) is 19.1. The molecule has 0 bridgehead atoms. The summed E-state index contributed by atoms with van der Waals surface area (Å²) in [7, 11) is 1.57. The molecule has 0 saturated carbocycles. The number of hydrogen-bond donors (Lipinski definition) is 3. The van der Waals surface area contributed by atoms with Crippen molar-refractivity contribution in [3.63, 3.8) is 0 Å². The van der Waals surface area contributed by atoms with Crippen LogP contribution in [0.4, 0.5) is 5.95 Å². The molecule has 4 N–H and O–H groups in total. The number of aliphatic hydroxyl groups excluding tert-OH is 2. The van der Waals surface area contributed by atoms with E-state index in [2.05, 4.69) is 15.0 Å². The number of nitrogens with zero attached hydrogens (tertiary/aromatic N) is 4. The fraction of sp³-hybridized carbons (Fsp3) is 0.615. The van der Waals surface area contributed by atoms with E-state index in [0.717, 1.165) is 0 Å². The predicted octanol–water partition coefficient (Wildman–Crippen LogP) is -0.926. The van der Waals surface area contributed by atoms with Crippen LogP contribution in [-0.4, -0.2) is 68.9 Å². The van der Waals surface area contributed by atoms with Gasteiger partial charge in [0.15, 0.2) is 11.2 Å². The van der Waals surface area contributed by atoms with Gasteiger partial charge in [0.25, 0.3) is 0 Å². The summed E-state index contributed by atoms with van der Waals surface area (Å²) in [5.74, 6) is 0.323. The van der Waals surface area contributed by atoms with Crippen LogP contribution in [0.2, 0.25) is 0 Å². The normalized spacial score (nSPS) is 24.4. The lowest BCUT2D eigenvalue weighted by Crippen LogP contribution is -2.24. The zero-order valence-electron chi connectivity index (χ0n) is 12.6. The molecule has 23 heavy (non-hydrogen) atoms. The number of nitrogens with two attached hydrogens (primary N) is 1. The highest BCUT2D eigenvalue weighted by Crippen LogP contribution is 2.33. The third kappa shape index (κ3) is 3.06. The Labute approximate surface area is 131 Å². The lowest BCUT2D eigenvalue weighted by molar-refractivity contribution is -0.0431. The first-order valence-electron chi connectivity index (χ1n) is 7.20. The average molecular weight is 325 g/mol. The summed E-state index contributed by atoms with van der Waals surface area (Å²) in [4.78, 5) is 12.4. The molecule has 0 amide bonds. The summed E-state index contributed by atoms with van der Waals surface area (Å²) in [5.41, 5.74) is 6.56. The van der Waals surface area contributed by atoms with E-state index in [0.29, 0.717) is 30.8 Å². The van der Waals surface area contributed by atoms with Gasteiger partial charge < -0.3 is 30.2 Å². The largest absolute Gasteiger partial charge is 0.474 e. The molecule has 3 atom stereocenters. The number of fused-ring (bicyclic) bond motifs is 1. The molecule has 2 aromatic heterocycles. The number of aromatic nitrogens is 4. The Morgan fingerprint density at radius 3 is 2.96 bits per heavy atom. The minimum absolute atomic E-state index is 0.0516. The molecule has 0 aliphatic carbocycles. The van der Waals surface area contributed by atoms with Crippen LogP contribution in [0.25, 0.3) is 11.2 Å². The number of nitrogen functional groups attached to an aromatic ring is 1. The number of imidazole rings is 1. The van der Waals surface area contributed by atoms with E-state index < -0.39 is 18.4 Å². The van der Waals surface area contributed by atoms with Crippen LogP contribution >= 0.6 is 0 Å². The first-order chi connectivity index (χ1) is 11.1. The molecule has 126 valence electrons. The summed E-state index contributed by atoms with van der Waals surface area (Å²) in [6.07, 6.45) is -0.0401. The highest BCUT2D eigenvalue weighted by atomic mass is 16.5. The maximum atomic E-state index is 9.90. The minimum Gasteiger partial charge on any atom is -0.474 e. The first kappa shape index (κ1) is 15.9. The number of aliphatic hydroxyl groups is 2. The number of ether oxygens (including phenoxy) is 3. The van der Waals surface area contributed by atoms with Crippen molar-refractivity contribution in [1.82, 2.24) is 19.5 Å². The van der Waals surface area contributed by atoms with Gasteiger partial charge >= 0.3 is 0 Å². The molecule has 1 aliphatic rings. The third-order valence-electron chi connectivity index (χ3n) is 3.63. The van der Waals surface area contributed by atoms with Crippen LogP contribution in [0.15, 0.2) is 6.33 Å². The lowest BCUT2D eigenvalue weighted by atomic mass is 10.2. The molecule has 10 heteroatoms. The Bertz CT molecular complexity index is 678. The van der Waals surface area contributed by atoms with Gasteiger partial charge in [-0.2, -0.15) is 9.97 Å². The highest BCUT2D eigenvalue weighted by Gasteiger charge is 2.35. The SMILES string of the molecule is COCCOc1nc(N)nc2ncn([C@H]3C[C@H](O)[C@@H](CO)O3)c12. The Morgan fingerprint density at radius 1 is 1.43 bits per heavy atom. The molecule has 1 saturated heterocycles. The molecule has 1 aliphatic heterocycles. The third-order valence-corrected chi connectivity index (χ3v) is 3.63. The zero-order chi connectivity index (χ0) is 16.4. The fourth-order valence-electron chi connectivity index (χ4n) is 2.52. The van der Waals surface area contributed by atoms with Crippen molar-refractivity contribution in [3.8, 4) is 5.88 Å². The van der Waals surface area contributed by atoms with Gasteiger partial charge in [-0.3, -0.25) is 4.57 Å². The number of methoxy groups -OCH3 is 1. The monoisotopic (exact) mass is 325 g/mol. The molecule has 2 aromatic rings. The van der Waals surface area contributed by atoms with Crippen LogP contribution in [0.5, 0.6) is 5.88 Å². The van der Waals surface area contributed by atoms with Gasteiger partial charge in [0.2, 0.25) is 11.8 Å². The van der Waals surface area contributed by atoms with E-state index in [1.807, 2.05) is 0 Å². The Kier molecular flexibility index (Phi) is 4.57. The van der Waals surface area contributed by atoms with E-state index in [4.69, 9.17) is 19.9 Å². The smallest absolute Gasteiger partial charge is 0.245 e. The second kappa shape index (κ2) is 6.62. The molecular formula is C13H19N5O5. The summed E-state index contributed by atoms with van der Waals surface area (Å²) < 4.78 is 17.9. The molecule has 0 spiro atoms. The van der Waals surface area contributed by atoms with E-state index in [1.54, 1.807) is 11.7 Å². The van der Waals surface area contributed by atoms with Crippen LogP contribution in [0.3, 0.4) is 0 Å². The van der Waals surface area contributed by atoms with Crippen LogP contribution in [0.1, 0.15) is 12.6 Å². The molecule has 0 radical (unpaired) electrons. The predicted molar refractivity (Wildman–Crippen MR) is 78.7 cm³/mol. The van der Waals surface area contributed by atoms with Gasteiger partial charge in [-0.25, -0.2) is 4.98 Å². The summed E-state index contributed by atoms with van der Waals surface area (Å²) in [6, 6.07) is 0. The van der Waals surface area contributed by atoms with E-state index >= 15 is 0 Å². The zero-order valence-corrected chi connectivity index (χ0v) is 12.6. The standard InChI is InChI=1S/C13H19N5O5/c1-21-2-3-22-12-10-11(16-13(14)17-12)15-6-18(10)9-4-7(20)8(5-19)23-9/h6-9,19-20H,2-5H2,1H3,(H2,14,16,17)/t7-,8+,9+/m0/s1. The van der Waals surface area contributed by atoms with Gasteiger partial charge in [-0.15, -0.1) is 0 Å². The highest BCUT2D eigenvalue weighted by molar-refractivity contribution is 5.77. The van der Waals surface area contributed by atoms with Crippen molar-refractivity contribution in [2.75, 3.05) is 32.7 Å². The maximum absolute atomic E-state index is 9.90. The van der Waals surface area contributed by atoms with Crippen molar-refractivity contribution in [1.29, 1.82) is 0 Å². The van der Waals surface area contributed by atoms with Gasteiger partial charge in [-0.1, -0.05) is 0 Å². The van der Waals surface area contributed by atoms with Gasteiger partial charge in [0.1, 0.15) is 18.9 Å². The molecular weight excluding hydrogens is 306 g/mol. The van der Waals surface area contributed by atoms with Crippen LogP contribution in [-0.2, 0) is 9.47 Å². The van der Waals surface area contributed by atoms with Crippen molar-refractivity contribution in [3.05, 3.63) is 6.33 Å². The molecule has 0 unspecified atom stereocenters. The quantitative estimate of drug-likeness (QED) is 0.575. The van der Waals surface area contributed by atoms with Gasteiger partial charge in [-0.05, 0) is 0 Å². The second-order valence-corrected chi connectivity index (χ2v) is 5.17. The molecule has 0 aromatic carbocycles. The summed E-state index contributed by atoms with van der Waals surface area (Å²) >= 11 is 0. The topological polar surface area (TPSA) is 138 Å². The van der Waals surface area contributed by atoms with E-state index in [1.165, 1.54) is 6.33 Å². The number of hydrogen-bond acceptors (Lipinski definition) is 9. The van der Waals surface area contributed by atoms with Crippen LogP contribution in [0, 0.1) is 0 Å². The lowest BCUT2D eigenvalue weighted by Gasteiger charge is -2.15. The molecule has 3 rings (SSSR count). The average Bonchev–Trinajstić information content (AvgIpc) is 3.10. The van der Waals surface area contributed by atoms with E-state index in [-0.39, 0.29) is 18.4 Å². The first-order valence-corrected chi connectivity index (χ1v) is 7.20. The van der Waals surface area contributed by atoms with Gasteiger partial charge in [0, 0.05) is 13.5 Å². The Morgan fingerprint density at radius 2 is 2.26 bits per heavy atom. The molecule has 1 fully saturated rings. The molecule has 3 heterocycles. The van der Waals surface area contributed by atoms with Crippen LogP contribution < -0.4 is 10.5 Å². The van der Waals surface area contributed by atoms with E-state index in [9.17, 15) is 10.2 Å². The number of rotatable bonds is 6. The summed E-state index contributed by atoms with van der Waals surface area (Å²) in [6.45, 7) is 0.427. The fourth-order valence-corrected chi connectivity index (χ4v) is 2.52. The Hall–Kier alpha value is -2.01. The van der Waals surface area contributed by atoms with Crippen molar-refractivity contribution in [2.24, 2.45) is 0 Å². The van der Waals surface area contributed by atoms with Crippen molar-refractivity contribution >= 4 is 17.1 Å². The Balaban J connectivity index is 1.95. The maximum Gasteiger partial charge on any atom is 0.245 e.